The van der Waals surface area contributed by atoms with Gasteiger partial charge in [-0.25, -0.2) is 5.43 Å². The number of hydrazone groups is 1. The van der Waals surface area contributed by atoms with E-state index in [2.05, 4.69) is 17.5 Å². The molecule has 25 heavy (non-hydrogen) atoms. The van der Waals surface area contributed by atoms with Gasteiger partial charge in [0.1, 0.15) is 0 Å². The molecule has 0 aromatic heterocycles. The second-order valence-electron chi connectivity index (χ2n) is 5.73. The maximum Gasteiger partial charge on any atom is 0.244 e. The largest absolute Gasteiger partial charge is 0.493 e. The van der Waals surface area contributed by atoms with Gasteiger partial charge in [0.2, 0.25) is 5.91 Å². The first-order chi connectivity index (χ1) is 12.0. The Morgan fingerprint density at radius 1 is 1.12 bits per heavy atom. The van der Waals surface area contributed by atoms with Crippen molar-refractivity contribution in [2.24, 2.45) is 5.10 Å². The van der Waals surface area contributed by atoms with Crippen LogP contribution in [0.3, 0.4) is 0 Å². The van der Waals surface area contributed by atoms with Gasteiger partial charge in [-0.05, 0) is 61.2 Å². The van der Waals surface area contributed by atoms with Gasteiger partial charge < -0.3 is 9.47 Å². The van der Waals surface area contributed by atoms with Gasteiger partial charge in [0.15, 0.2) is 11.5 Å². The minimum Gasteiger partial charge on any atom is -0.493 e. The molecule has 2 aromatic rings. The highest BCUT2D eigenvalue weighted by Crippen LogP contribution is 2.27. The lowest BCUT2D eigenvalue weighted by Gasteiger charge is -2.09. The highest BCUT2D eigenvalue weighted by Gasteiger charge is 2.05. The van der Waals surface area contributed by atoms with E-state index in [1.807, 2.05) is 50.2 Å². The van der Waals surface area contributed by atoms with Crippen LogP contribution in [-0.2, 0) is 11.2 Å². The monoisotopic (exact) mass is 340 g/mol. The quantitative estimate of drug-likeness (QED) is 0.621. The third-order valence-corrected chi connectivity index (χ3v) is 3.83. The molecule has 0 atom stereocenters. The molecular weight excluding hydrogens is 316 g/mol. The summed E-state index contributed by atoms with van der Waals surface area (Å²) >= 11 is 0. The van der Waals surface area contributed by atoms with Gasteiger partial charge >= 0.3 is 0 Å². The first-order valence-corrected chi connectivity index (χ1v) is 8.22. The smallest absolute Gasteiger partial charge is 0.244 e. The number of hydrogen-bond donors (Lipinski definition) is 1. The molecule has 2 aromatic carbocycles. The maximum absolute atomic E-state index is 12.0. The van der Waals surface area contributed by atoms with Crippen LogP contribution in [0.2, 0.25) is 0 Å². The molecule has 0 spiro atoms. The number of nitrogens with zero attached hydrogens (tertiary/aromatic N) is 1. The minimum atomic E-state index is -0.155. The molecule has 1 N–H and O–H groups in total. The molecule has 0 unspecified atom stereocenters. The number of benzene rings is 2. The zero-order chi connectivity index (χ0) is 18.2. The fourth-order valence-electron chi connectivity index (χ4n) is 2.36. The molecule has 0 aliphatic rings. The average molecular weight is 340 g/mol. The summed E-state index contributed by atoms with van der Waals surface area (Å²) in [5.74, 6) is 1.16. The summed E-state index contributed by atoms with van der Waals surface area (Å²) in [6.45, 7) is 6.57. The topological polar surface area (TPSA) is 59.9 Å². The first-order valence-electron chi connectivity index (χ1n) is 8.22. The molecule has 0 aliphatic heterocycles. The Bertz CT molecular complexity index is 770. The molecule has 0 saturated carbocycles. The van der Waals surface area contributed by atoms with E-state index in [0.29, 0.717) is 24.5 Å². The zero-order valence-corrected chi connectivity index (χ0v) is 15.1. The lowest BCUT2D eigenvalue weighted by molar-refractivity contribution is -0.120. The number of nitrogens with one attached hydrogen (secondary N) is 1. The van der Waals surface area contributed by atoms with Gasteiger partial charge in [0, 0.05) is 0 Å². The molecule has 2 rings (SSSR count). The van der Waals surface area contributed by atoms with Crippen molar-refractivity contribution in [3.8, 4) is 11.5 Å². The van der Waals surface area contributed by atoms with E-state index < -0.39 is 0 Å². The highest BCUT2D eigenvalue weighted by atomic mass is 16.5. The molecule has 1 amide bonds. The third-order valence-electron chi connectivity index (χ3n) is 3.83. The first kappa shape index (κ1) is 18.5. The lowest BCUT2D eigenvalue weighted by atomic mass is 10.0. The van der Waals surface area contributed by atoms with Crippen molar-refractivity contribution < 1.29 is 14.3 Å². The van der Waals surface area contributed by atoms with Crippen molar-refractivity contribution in [1.82, 2.24) is 5.43 Å². The van der Waals surface area contributed by atoms with Crippen LogP contribution < -0.4 is 14.9 Å². The van der Waals surface area contributed by atoms with Crippen LogP contribution >= 0.6 is 0 Å². The molecule has 0 saturated heterocycles. The van der Waals surface area contributed by atoms with Crippen LogP contribution in [0.4, 0.5) is 0 Å². The second-order valence-corrected chi connectivity index (χ2v) is 5.73. The van der Waals surface area contributed by atoms with Crippen LogP contribution in [0.25, 0.3) is 0 Å². The summed E-state index contributed by atoms with van der Waals surface area (Å²) in [4.78, 5) is 12.0. The Morgan fingerprint density at radius 3 is 2.60 bits per heavy atom. The minimum absolute atomic E-state index is 0.155. The molecule has 132 valence electrons. The van der Waals surface area contributed by atoms with E-state index in [-0.39, 0.29) is 5.91 Å². The van der Waals surface area contributed by atoms with Crippen LogP contribution in [-0.4, -0.2) is 25.8 Å². The molecule has 0 radical (unpaired) electrons. The number of amides is 1. The van der Waals surface area contributed by atoms with Gasteiger partial charge in [0.05, 0.1) is 26.4 Å². The van der Waals surface area contributed by atoms with Crippen molar-refractivity contribution in [3.63, 3.8) is 0 Å². The van der Waals surface area contributed by atoms with Crippen molar-refractivity contribution in [1.29, 1.82) is 0 Å². The molecule has 0 bridgehead atoms. The van der Waals surface area contributed by atoms with E-state index in [1.165, 1.54) is 11.1 Å². The number of methoxy groups -OCH3 is 1. The third kappa shape index (κ3) is 5.35. The molecule has 5 nitrogen and oxygen atoms in total. The Kier molecular flexibility index (Phi) is 6.57. The van der Waals surface area contributed by atoms with E-state index in [1.54, 1.807) is 13.3 Å². The Balaban J connectivity index is 1.95. The number of ether oxygens (including phenoxy) is 2. The van der Waals surface area contributed by atoms with Crippen molar-refractivity contribution >= 4 is 12.1 Å². The van der Waals surface area contributed by atoms with Crippen molar-refractivity contribution in [3.05, 3.63) is 58.7 Å². The summed E-state index contributed by atoms with van der Waals surface area (Å²) < 4.78 is 10.8. The summed E-state index contributed by atoms with van der Waals surface area (Å²) in [5.41, 5.74) is 6.72. The van der Waals surface area contributed by atoms with Crippen molar-refractivity contribution in [2.45, 2.75) is 27.2 Å². The van der Waals surface area contributed by atoms with Gasteiger partial charge in [-0.1, -0.05) is 18.2 Å². The number of carbonyl (C=O) groups is 1. The van der Waals surface area contributed by atoms with Crippen LogP contribution in [0.1, 0.15) is 29.2 Å². The van der Waals surface area contributed by atoms with E-state index >= 15 is 0 Å². The molecular formula is C20H24N2O3. The Labute approximate surface area is 148 Å². The Morgan fingerprint density at radius 2 is 1.92 bits per heavy atom. The number of hydrogen-bond acceptors (Lipinski definition) is 4. The van der Waals surface area contributed by atoms with Crippen LogP contribution in [0.5, 0.6) is 11.5 Å². The maximum atomic E-state index is 12.0. The normalized spacial score (nSPS) is 10.7. The molecule has 0 heterocycles. The van der Waals surface area contributed by atoms with E-state index in [4.69, 9.17) is 9.47 Å². The average Bonchev–Trinajstić information content (AvgIpc) is 2.59. The van der Waals surface area contributed by atoms with Gasteiger partial charge in [-0.15, -0.1) is 0 Å². The summed E-state index contributed by atoms with van der Waals surface area (Å²) in [6.07, 6.45) is 1.88. The second kappa shape index (κ2) is 8.87. The van der Waals surface area contributed by atoms with E-state index in [0.717, 1.165) is 11.1 Å². The fraction of sp³-hybridized carbons (Fsp3) is 0.300. The van der Waals surface area contributed by atoms with E-state index in [9.17, 15) is 4.79 Å². The molecule has 5 heteroatoms. The number of rotatable bonds is 7. The predicted octanol–water partition coefficient (Wildman–Crippen LogP) is 3.40. The van der Waals surface area contributed by atoms with Crippen LogP contribution in [0, 0.1) is 13.8 Å². The lowest BCUT2D eigenvalue weighted by Crippen LogP contribution is -2.19. The molecule has 0 aliphatic carbocycles. The number of carbonyl (C=O) groups excluding carboxylic acids is 1. The van der Waals surface area contributed by atoms with Gasteiger partial charge in [-0.2, -0.15) is 5.10 Å². The summed E-state index contributed by atoms with van der Waals surface area (Å²) in [7, 11) is 1.59. The van der Waals surface area contributed by atoms with Gasteiger partial charge in [-0.3, -0.25) is 4.79 Å². The summed E-state index contributed by atoms with van der Waals surface area (Å²) in [5, 5.41) is 4.01. The Hall–Kier alpha value is -2.82. The standard InChI is InChI=1S/C20H24N2O3/c1-5-25-18-9-8-17(11-19(18)24-4)13-21-22-20(23)12-16-7-6-14(2)15(3)10-16/h6-11,13H,5,12H2,1-4H3,(H,22,23)/b21-13+. The molecule has 0 fully saturated rings. The van der Waals surface area contributed by atoms with Crippen LogP contribution in [0.15, 0.2) is 41.5 Å². The summed E-state index contributed by atoms with van der Waals surface area (Å²) in [6, 6.07) is 11.5. The van der Waals surface area contributed by atoms with Gasteiger partial charge in [0.25, 0.3) is 0 Å². The van der Waals surface area contributed by atoms with Crippen molar-refractivity contribution in [2.75, 3.05) is 13.7 Å². The predicted molar refractivity (Wildman–Crippen MR) is 99.5 cm³/mol. The highest BCUT2D eigenvalue weighted by molar-refractivity contribution is 5.84. The fourth-order valence-corrected chi connectivity index (χ4v) is 2.36. The SMILES string of the molecule is CCOc1ccc(/C=N/NC(=O)Cc2ccc(C)c(C)c2)cc1OC. The number of aryl methyl sites for hydroxylation is 2. The zero-order valence-electron chi connectivity index (χ0n) is 15.1.